The van der Waals surface area contributed by atoms with E-state index in [1.54, 1.807) is 57.2 Å². The molecule has 3 rings (SSSR count). The topological polar surface area (TPSA) is 101 Å². The molecule has 2 N–H and O–H groups in total. The molecule has 0 aliphatic carbocycles. The summed E-state index contributed by atoms with van der Waals surface area (Å²) in [5.74, 6) is 0.242. The van der Waals surface area contributed by atoms with Gasteiger partial charge in [-0.25, -0.2) is 8.42 Å². The Bertz CT molecular complexity index is 1210. The third kappa shape index (κ3) is 5.10. The van der Waals surface area contributed by atoms with Gasteiger partial charge in [-0.3, -0.25) is 9.52 Å². The van der Waals surface area contributed by atoms with Crippen LogP contribution in [0, 0.1) is 13.8 Å². The number of sulfonamides is 1. The number of hydrogen-bond donors (Lipinski definition) is 2. The Morgan fingerprint density at radius 1 is 1.23 bits per heavy atom. The molecule has 2 aromatic heterocycles. The van der Waals surface area contributed by atoms with Gasteiger partial charge < -0.3 is 9.84 Å². The van der Waals surface area contributed by atoms with Crippen molar-refractivity contribution in [3.63, 3.8) is 0 Å². The lowest BCUT2D eigenvalue weighted by atomic mass is 10.2. The van der Waals surface area contributed by atoms with Crippen molar-refractivity contribution >= 4 is 62.4 Å². The van der Waals surface area contributed by atoms with E-state index < -0.39 is 10.0 Å². The van der Waals surface area contributed by atoms with Gasteiger partial charge in [-0.1, -0.05) is 23.7 Å². The van der Waals surface area contributed by atoms with E-state index in [4.69, 9.17) is 16.1 Å². The second-order valence-electron chi connectivity index (χ2n) is 6.46. The van der Waals surface area contributed by atoms with Crippen LogP contribution in [0.1, 0.15) is 35.2 Å². The summed E-state index contributed by atoms with van der Waals surface area (Å²) in [5, 5.41) is 7.16. The number of aryl methyl sites for hydroxylation is 2. The summed E-state index contributed by atoms with van der Waals surface area (Å²) in [6.07, 6.45) is 3.68. The highest BCUT2D eigenvalue weighted by molar-refractivity contribution is 7.94. The maximum atomic E-state index is 12.7. The molecule has 0 aliphatic rings. The molecule has 158 valence electrons. The van der Waals surface area contributed by atoms with Gasteiger partial charge in [0.15, 0.2) is 5.76 Å². The van der Waals surface area contributed by atoms with Crippen LogP contribution in [0.15, 0.2) is 39.1 Å². The fraction of sp³-hybridized carbons (Fsp3) is 0.200. The summed E-state index contributed by atoms with van der Waals surface area (Å²) in [4.78, 5) is 12.4. The highest BCUT2D eigenvalue weighted by atomic mass is 35.5. The molecule has 30 heavy (non-hydrogen) atoms. The Morgan fingerprint density at radius 3 is 2.70 bits per heavy atom. The highest BCUT2D eigenvalue weighted by Crippen LogP contribution is 2.29. The van der Waals surface area contributed by atoms with Crippen molar-refractivity contribution in [3.8, 4) is 0 Å². The van der Waals surface area contributed by atoms with Gasteiger partial charge in [0.1, 0.15) is 15.6 Å². The average molecular weight is 466 g/mol. The first kappa shape index (κ1) is 22.1. The zero-order valence-corrected chi connectivity index (χ0v) is 18.9. The van der Waals surface area contributed by atoms with Crippen molar-refractivity contribution in [2.24, 2.45) is 0 Å². The fourth-order valence-corrected chi connectivity index (χ4v) is 5.13. The van der Waals surface area contributed by atoms with E-state index in [1.165, 1.54) is 6.07 Å². The molecule has 0 spiro atoms. The van der Waals surface area contributed by atoms with Crippen LogP contribution >= 0.6 is 22.9 Å². The number of aromatic nitrogens is 1. The van der Waals surface area contributed by atoms with Crippen molar-refractivity contribution in [2.45, 2.75) is 31.4 Å². The number of halogens is 1. The molecular weight excluding hydrogens is 446 g/mol. The number of hydrogen-bond acceptors (Lipinski definition) is 6. The van der Waals surface area contributed by atoms with Gasteiger partial charge in [0.05, 0.1) is 5.69 Å². The molecule has 1 aromatic carbocycles. The molecule has 0 atom stereocenters. The van der Waals surface area contributed by atoms with Crippen LogP contribution in [0.2, 0.25) is 5.02 Å². The summed E-state index contributed by atoms with van der Waals surface area (Å²) < 4.78 is 33.4. The molecule has 2 heterocycles. The SMILES string of the molecule is CCC(=O)Nc1c(C)noc1/C=C/c1ccc(S(=O)(=O)Nc2ccc(Cl)cc2C)s1. The summed E-state index contributed by atoms with van der Waals surface area (Å²) in [5.41, 5.74) is 2.26. The van der Waals surface area contributed by atoms with Gasteiger partial charge >= 0.3 is 0 Å². The monoisotopic (exact) mass is 465 g/mol. The van der Waals surface area contributed by atoms with Gasteiger partial charge in [0.2, 0.25) is 5.91 Å². The van der Waals surface area contributed by atoms with Crippen LogP contribution < -0.4 is 10.0 Å². The van der Waals surface area contributed by atoms with E-state index in [9.17, 15) is 13.2 Å². The average Bonchev–Trinajstić information content (AvgIpc) is 3.30. The zero-order chi connectivity index (χ0) is 21.9. The van der Waals surface area contributed by atoms with Gasteiger partial charge in [-0.2, -0.15) is 0 Å². The first-order valence-electron chi connectivity index (χ1n) is 9.02. The number of carbonyl (C=O) groups is 1. The zero-order valence-electron chi connectivity index (χ0n) is 16.5. The Hall–Kier alpha value is -2.62. The first-order valence-corrected chi connectivity index (χ1v) is 11.7. The molecular formula is C20H20ClN3O4S2. The Balaban J connectivity index is 1.79. The van der Waals surface area contributed by atoms with Crippen LogP contribution in [0.3, 0.4) is 0 Å². The second kappa shape index (κ2) is 9.03. The number of carbonyl (C=O) groups excluding carboxylic acids is 1. The van der Waals surface area contributed by atoms with E-state index in [0.29, 0.717) is 39.1 Å². The van der Waals surface area contributed by atoms with Gasteiger partial charge in [-0.15, -0.1) is 11.3 Å². The number of nitrogens with one attached hydrogen (secondary N) is 2. The van der Waals surface area contributed by atoms with Gasteiger partial charge in [-0.05, 0) is 61.9 Å². The van der Waals surface area contributed by atoms with Crippen LogP contribution in [0.4, 0.5) is 11.4 Å². The minimum atomic E-state index is -3.74. The first-order chi connectivity index (χ1) is 14.2. The van der Waals surface area contributed by atoms with Crippen molar-refractivity contribution in [1.29, 1.82) is 0 Å². The third-order valence-electron chi connectivity index (χ3n) is 4.17. The third-order valence-corrected chi connectivity index (χ3v) is 7.32. The van der Waals surface area contributed by atoms with E-state index in [-0.39, 0.29) is 10.1 Å². The quantitative estimate of drug-likeness (QED) is 0.491. The number of benzene rings is 1. The Morgan fingerprint density at radius 2 is 2.00 bits per heavy atom. The molecule has 3 aromatic rings. The molecule has 1 amide bonds. The highest BCUT2D eigenvalue weighted by Gasteiger charge is 2.18. The fourth-order valence-electron chi connectivity index (χ4n) is 2.54. The smallest absolute Gasteiger partial charge is 0.271 e. The molecule has 0 saturated carbocycles. The van der Waals surface area contributed by atoms with E-state index in [1.807, 2.05) is 0 Å². The maximum Gasteiger partial charge on any atom is 0.271 e. The summed E-state index contributed by atoms with van der Waals surface area (Å²) in [6.45, 7) is 5.26. The van der Waals surface area contributed by atoms with Crippen molar-refractivity contribution in [3.05, 3.63) is 57.2 Å². The number of rotatable bonds is 7. The summed E-state index contributed by atoms with van der Waals surface area (Å²) >= 11 is 7.03. The number of nitrogens with zero attached hydrogens (tertiary/aromatic N) is 1. The van der Waals surface area contributed by atoms with E-state index >= 15 is 0 Å². The minimum absolute atomic E-state index is 0.149. The normalized spacial score (nSPS) is 11.7. The van der Waals surface area contributed by atoms with E-state index in [0.717, 1.165) is 16.9 Å². The number of thiophene rings is 1. The number of anilines is 2. The predicted molar refractivity (Wildman–Crippen MR) is 120 cm³/mol. The second-order valence-corrected chi connectivity index (χ2v) is 9.92. The Kier molecular flexibility index (Phi) is 6.64. The molecule has 0 saturated heterocycles. The number of amides is 1. The summed E-state index contributed by atoms with van der Waals surface area (Å²) in [7, 11) is -3.74. The van der Waals surface area contributed by atoms with Crippen LogP contribution in [0.5, 0.6) is 0 Å². The molecule has 0 aliphatic heterocycles. The maximum absolute atomic E-state index is 12.7. The summed E-state index contributed by atoms with van der Waals surface area (Å²) in [6, 6.07) is 8.17. The largest absolute Gasteiger partial charge is 0.354 e. The van der Waals surface area contributed by atoms with Crippen molar-refractivity contribution in [1.82, 2.24) is 5.16 Å². The predicted octanol–water partition coefficient (Wildman–Crippen LogP) is 5.33. The molecule has 7 nitrogen and oxygen atoms in total. The van der Waals surface area contributed by atoms with Crippen molar-refractivity contribution in [2.75, 3.05) is 10.0 Å². The van der Waals surface area contributed by atoms with Crippen LogP contribution in [0.25, 0.3) is 12.2 Å². The van der Waals surface area contributed by atoms with Crippen molar-refractivity contribution < 1.29 is 17.7 Å². The molecule has 10 heteroatoms. The lowest BCUT2D eigenvalue weighted by Gasteiger charge is -2.09. The molecule has 0 fully saturated rings. The Labute approximate surface area is 183 Å². The lowest BCUT2D eigenvalue weighted by molar-refractivity contribution is -0.115. The standard InChI is InChI=1S/C20H20ClN3O4S2/c1-4-18(25)22-20-13(3)23-28-17(20)9-6-15-7-10-19(29-15)30(26,27)24-16-8-5-14(21)11-12(16)2/h5-11,24H,4H2,1-3H3,(H,22,25)/b9-6+. The molecule has 0 bridgehead atoms. The van der Waals surface area contributed by atoms with Gasteiger partial charge in [0, 0.05) is 16.3 Å². The van der Waals surface area contributed by atoms with Gasteiger partial charge in [0.25, 0.3) is 10.0 Å². The van der Waals surface area contributed by atoms with E-state index in [2.05, 4.69) is 15.2 Å². The molecule has 0 unspecified atom stereocenters. The molecule has 0 radical (unpaired) electrons. The van der Waals surface area contributed by atoms with Crippen LogP contribution in [-0.2, 0) is 14.8 Å². The lowest BCUT2D eigenvalue weighted by Crippen LogP contribution is -2.12. The minimum Gasteiger partial charge on any atom is -0.354 e. The van der Waals surface area contributed by atoms with Crippen LogP contribution in [-0.4, -0.2) is 19.5 Å².